The minimum absolute atomic E-state index is 0.0667. The van der Waals surface area contributed by atoms with Crippen molar-refractivity contribution in [2.45, 2.75) is 58.0 Å². The van der Waals surface area contributed by atoms with Crippen LogP contribution in [0, 0.1) is 23.2 Å². The Kier molecular flexibility index (Phi) is 3.72. The van der Waals surface area contributed by atoms with Crippen molar-refractivity contribution in [1.29, 1.82) is 0 Å². The van der Waals surface area contributed by atoms with Crippen LogP contribution in [0.4, 0.5) is 0 Å². The molecule has 6 nitrogen and oxygen atoms in total. The smallest absolute Gasteiger partial charge is 0.273 e. The molecule has 27 heavy (non-hydrogen) atoms. The van der Waals surface area contributed by atoms with Crippen LogP contribution in [-0.2, 0) is 11.3 Å². The van der Waals surface area contributed by atoms with E-state index in [9.17, 15) is 9.59 Å². The summed E-state index contributed by atoms with van der Waals surface area (Å²) < 4.78 is 2.06. The van der Waals surface area contributed by atoms with Crippen molar-refractivity contribution in [1.82, 2.24) is 19.4 Å². The van der Waals surface area contributed by atoms with Gasteiger partial charge in [0.1, 0.15) is 11.5 Å². The van der Waals surface area contributed by atoms with Crippen LogP contribution in [0.1, 0.15) is 67.8 Å². The zero-order valence-electron chi connectivity index (χ0n) is 16.6. The second-order valence-corrected chi connectivity index (χ2v) is 9.75. The molecule has 2 heterocycles. The second-order valence-electron chi connectivity index (χ2n) is 9.75. The number of carbonyl (C=O) groups excluding carboxylic acids is 2. The molecule has 0 N–H and O–H groups in total. The average Bonchev–Trinajstić information content (AvgIpc) is 3.04. The predicted molar refractivity (Wildman–Crippen MR) is 101 cm³/mol. The van der Waals surface area contributed by atoms with E-state index < -0.39 is 0 Å². The summed E-state index contributed by atoms with van der Waals surface area (Å²) in [6.07, 6.45) is 9.19. The maximum atomic E-state index is 13.7. The highest BCUT2D eigenvalue weighted by Crippen LogP contribution is 2.61. The lowest BCUT2D eigenvalue weighted by Crippen LogP contribution is -2.56. The van der Waals surface area contributed by atoms with E-state index in [1.165, 1.54) is 19.3 Å². The third-order valence-electron chi connectivity index (χ3n) is 7.61. The first kappa shape index (κ1) is 17.3. The number of aromatic nitrogens is 2. The first-order chi connectivity index (χ1) is 12.9. The lowest BCUT2D eigenvalue weighted by Gasteiger charge is -2.57. The first-order valence-electron chi connectivity index (χ1n) is 10.5. The molecule has 4 bridgehead atoms. The summed E-state index contributed by atoms with van der Waals surface area (Å²) in [5.41, 5.74) is 0.367. The molecule has 1 aromatic rings. The lowest BCUT2D eigenvalue weighted by atomic mass is 9.49. The van der Waals surface area contributed by atoms with Crippen molar-refractivity contribution in [3.8, 4) is 0 Å². The van der Waals surface area contributed by atoms with Crippen LogP contribution in [0.2, 0.25) is 0 Å². The normalized spacial score (nSPS) is 36.6. The SMILES string of the molecule is C[C@H]1c2nc(C(=O)N(C)C)cn2CCN1C(=O)C12CC3CC(CC(C3)C1)C2. The van der Waals surface area contributed by atoms with Crippen LogP contribution in [0.3, 0.4) is 0 Å². The summed E-state index contributed by atoms with van der Waals surface area (Å²) in [4.78, 5) is 34.2. The zero-order chi connectivity index (χ0) is 18.9. The molecule has 1 atom stereocenters. The number of nitrogens with zero attached hydrogens (tertiary/aromatic N) is 4. The van der Waals surface area contributed by atoms with Crippen LogP contribution in [-0.4, -0.2) is 51.8 Å². The van der Waals surface area contributed by atoms with Gasteiger partial charge >= 0.3 is 0 Å². The molecule has 0 saturated heterocycles. The van der Waals surface area contributed by atoms with Crippen LogP contribution >= 0.6 is 0 Å². The van der Waals surface area contributed by atoms with Crippen LogP contribution in [0.5, 0.6) is 0 Å². The van der Waals surface area contributed by atoms with Gasteiger partial charge in [0.25, 0.3) is 5.91 Å². The Hall–Kier alpha value is -1.85. The maximum Gasteiger partial charge on any atom is 0.273 e. The molecule has 5 aliphatic rings. The van der Waals surface area contributed by atoms with E-state index in [0.29, 0.717) is 11.6 Å². The number of hydrogen-bond acceptors (Lipinski definition) is 3. The fourth-order valence-corrected chi connectivity index (χ4v) is 6.78. The molecule has 0 unspecified atom stereocenters. The summed E-state index contributed by atoms with van der Waals surface area (Å²) >= 11 is 0. The Balaban J connectivity index is 1.41. The molecule has 0 radical (unpaired) electrons. The van der Waals surface area contributed by atoms with Gasteiger partial charge in [-0.3, -0.25) is 9.59 Å². The van der Waals surface area contributed by atoms with Gasteiger partial charge in [-0.25, -0.2) is 4.98 Å². The van der Waals surface area contributed by atoms with E-state index in [1.54, 1.807) is 19.0 Å². The van der Waals surface area contributed by atoms with E-state index in [0.717, 1.165) is 55.9 Å². The van der Waals surface area contributed by atoms with E-state index in [2.05, 4.69) is 21.4 Å². The minimum atomic E-state index is -0.111. The van der Waals surface area contributed by atoms with Gasteiger partial charge in [0.15, 0.2) is 0 Å². The van der Waals surface area contributed by atoms with E-state index >= 15 is 0 Å². The number of fused-ring (bicyclic) bond motifs is 1. The zero-order valence-corrected chi connectivity index (χ0v) is 16.6. The standard InChI is InChI=1S/C21H30N4O2/c1-13-18-22-17(19(26)23(2)3)12-24(18)4-5-25(13)20(27)21-9-14-6-15(10-21)8-16(7-14)11-21/h12-16H,4-11H2,1-3H3/t13-,14?,15?,16?,21?/m0/s1. The molecule has 1 aliphatic heterocycles. The molecular weight excluding hydrogens is 340 g/mol. The molecule has 1 aromatic heterocycles. The third-order valence-corrected chi connectivity index (χ3v) is 7.61. The van der Waals surface area contributed by atoms with Gasteiger partial charge < -0.3 is 14.4 Å². The van der Waals surface area contributed by atoms with Crippen molar-refractivity contribution in [2.24, 2.45) is 23.2 Å². The van der Waals surface area contributed by atoms with Gasteiger partial charge in [0.2, 0.25) is 5.91 Å². The van der Waals surface area contributed by atoms with Gasteiger partial charge in [0.05, 0.1) is 11.5 Å². The summed E-state index contributed by atoms with van der Waals surface area (Å²) in [6.45, 7) is 3.52. The first-order valence-corrected chi connectivity index (χ1v) is 10.5. The van der Waals surface area contributed by atoms with E-state index in [4.69, 9.17) is 0 Å². The highest BCUT2D eigenvalue weighted by Gasteiger charge is 2.56. The molecule has 4 saturated carbocycles. The fraction of sp³-hybridized carbons (Fsp3) is 0.762. The molecule has 0 aromatic carbocycles. The Morgan fingerprint density at radius 3 is 2.22 bits per heavy atom. The van der Waals surface area contributed by atoms with Crippen molar-refractivity contribution in [3.63, 3.8) is 0 Å². The highest BCUT2D eigenvalue weighted by molar-refractivity contribution is 5.92. The van der Waals surface area contributed by atoms with Gasteiger partial charge in [-0.1, -0.05) is 0 Å². The Morgan fingerprint density at radius 2 is 1.67 bits per heavy atom. The monoisotopic (exact) mass is 370 g/mol. The Morgan fingerprint density at radius 1 is 1.07 bits per heavy atom. The molecule has 6 heteroatoms. The van der Waals surface area contributed by atoms with Crippen LogP contribution in [0.25, 0.3) is 0 Å². The van der Waals surface area contributed by atoms with Crippen molar-refractivity contribution < 1.29 is 9.59 Å². The second kappa shape index (κ2) is 5.82. The number of carbonyl (C=O) groups is 2. The minimum Gasteiger partial charge on any atom is -0.343 e. The van der Waals surface area contributed by atoms with Crippen LogP contribution in [0.15, 0.2) is 6.20 Å². The largest absolute Gasteiger partial charge is 0.343 e. The summed E-state index contributed by atoms with van der Waals surface area (Å²) in [7, 11) is 3.49. The fourth-order valence-electron chi connectivity index (χ4n) is 6.78. The number of rotatable bonds is 2. The predicted octanol–water partition coefficient (Wildman–Crippen LogP) is 2.70. The van der Waals surface area contributed by atoms with E-state index in [1.807, 2.05) is 6.20 Å². The number of amides is 2. The molecule has 0 spiro atoms. The quantitative estimate of drug-likeness (QED) is 0.804. The highest BCUT2D eigenvalue weighted by atomic mass is 16.2. The maximum absolute atomic E-state index is 13.7. The number of hydrogen-bond donors (Lipinski definition) is 0. The molecular formula is C21H30N4O2. The lowest BCUT2D eigenvalue weighted by molar-refractivity contribution is -0.161. The van der Waals surface area contributed by atoms with Gasteiger partial charge in [0, 0.05) is 33.4 Å². The topological polar surface area (TPSA) is 58.4 Å². The van der Waals surface area contributed by atoms with Crippen molar-refractivity contribution in [2.75, 3.05) is 20.6 Å². The molecule has 146 valence electrons. The average molecular weight is 370 g/mol. The Bertz CT molecular complexity index is 761. The van der Waals surface area contributed by atoms with Crippen molar-refractivity contribution >= 4 is 11.8 Å². The molecule has 4 aliphatic carbocycles. The van der Waals surface area contributed by atoms with Crippen molar-refractivity contribution in [3.05, 3.63) is 17.7 Å². The van der Waals surface area contributed by atoms with Gasteiger partial charge in [-0.2, -0.15) is 0 Å². The molecule has 4 fully saturated rings. The van der Waals surface area contributed by atoms with Gasteiger partial charge in [-0.05, 0) is 63.2 Å². The third kappa shape index (κ3) is 2.55. The van der Waals surface area contributed by atoms with Crippen LogP contribution < -0.4 is 0 Å². The van der Waals surface area contributed by atoms with Gasteiger partial charge in [-0.15, -0.1) is 0 Å². The molecule has 6 rings (SSSR count). The summed E-state index contributed by atoms with van der Waals surface area (Å²) in [5.74, 6) is 3.45. The Labute approximate surface area is 160 Å². The van der Waals surface area contributed by atoms with E-state index in [-0.39, 0.29) is 17.4 Å². The molecule has 2 amide bonds. The summed E-state index contributed by atoms with van der Waals surface area (Å²) in [6, 6.07) is -0.0667. The summed E-state index contributed by atoms with van der Waals surface area (Å²) in [5, 5.41) is 0. The number of imidazole rings is 1.